The third-order valence-electron chi connectivity index (χ3n) is 3.20. The minimum Gasteiger partial charge on any atom is -0.462 e. The molecule has 0 radical (unpaired) electrons. The molecule has 0 bridgehead atoms. The highest BCUT2D eigenvalue weighted by molar-refractivity contribution is 6.00. The summed E-state index contributed by atoms with van der Waals surface area (Å²) in [5, 5.41) is 0. The number of rotatable bonds is 7. The molecule has 0 aliphatic heterocycles. The summed E-state index contributed by atoms with van der Waals surface area (Å²) < 4.78 is 23.6. The Kier molecular flexibility index (Phi) is 6.88. The van der Waals surface area contributed by atoms with E-state index in [-0.39, 0.29) is 48.0 Å². The molecule has 0 N–H and O–H groups in total. The second-order valence-electron chi connectivity index (χ2n) is 5.22. The van der Waals surface area contributed by atoms with E-state index >= 15 is 0 Å². The van der Waals surface area contributed by atoms with Crippen molar-refractivity contribution in [2.24, 2.45) is 5.92 Å². The maximum atomic E-state index is 13.8. The lowest BCUT2D eigenvalue weighted by Crippen LogP contribution is -2.20. The van der Waals surface area contributed by atoms with Crippen LogP contribution in [-0.4, -0.2) is 30.9 Å². The number of benzene rings is 1. The van der Waals surface area contributed by atoms with E-state index in [0.717, 1.165) is 12.1 Å². The van der Waals surface area contributed by atoms with Crippen molar-refractivity contribution in [1.29, 1.82) is 0 Å². The molecule has 0 atom stereocenters. The predicted octanol–water partition coefficient (Wildman–Crippen LogP) is 2.95. The first-order valence-corrected chi connectivity index (χ1v) is 7.51. The number of hydrogen-bond acceptors (Lipinski definition) is 5. The molecule has 1 aromatic rings. The quantitative estimate of drug-likeness (QED) is 0.721. The molecule has 126 valence electrons. The molecule has 1 rings (SSSR count). The fourth-order valence-electron chi connectivity index (χ4n) is 1.99. The molecule has 0 aliphatic carbocycles. The maximum Gasteiger partial charge on any atom is 0.338 e. The molecule has 6 heteroatoms. The average Bonchev–Trinajstić information content (AvgIpc) is 2.48. The van der Waals surface area contributed by atoms with Gasteiger partial charge >= 0.3 is 11.9 Å². The number of ketones is 1. The molecule has 0 unspecified atom stereocenters. The summed E-state index contributed by atoms with van der Waals surface area (Å²) in [4.78, 5) is 36.2. The van der Waals surface area contributed by atoms with E-state index in [1.54, 1.807) is 27.7 Å². The predicted molar refractivity (Wildman–Crippen MR) is 81.9 cm³/mol. The Hall–Kier alpha value is -2.24. The summed E-state index contributed by atoms with van der Waals surface area (Å²) in [5.41, 5.74) is -0.102. The monoisotopic (exact) mass is 324 g/mol. The van der Waals surface area contributed by atoms with E-state index in [2.05, 4.69) is 0 Å². The maximum absolute atomic E-state index is 13.8. The van der Waals surface area contributed by atoms with Gasteiger partial charge in [-0.15, -0.1) is 0 Å². The van der Waals surface area contributed by atoms with Crippen LogP contribution in [0.2, 0.25) is 0 Å². The van der Waals surface area contributed by atoms with E-state index in [1.807, 2.05) is 0 Å². The molecule has 23 heavy (non-hydrogen) atoms. The number of Topliss-reactive ketones (excluding diaryl/α,β-unsaturated/α-hetero) is 1. The van der Waals surface area contributed by atoms with Gasteiger partial charge < -0.3 is 9.47 Å². The summed E-state index contributed by atoms with van der Waals surface area (Å²) in [6.07, 6.45) is -0.166. The molecule has 1 aromatic carbocycles. The number of hydrogen-bond donors (Lipinski definition) is 0. The molecule has 0 heterocycles. The van der Waals surface area contributed by atoms with E-state index in [4.69, 9.17) is 9.47 Å². The van der Waals surface area contributed by atoms with Crippen LogP contribution in [0.1, 0.15) is 54.0 Å². The molecule has 0 saturated carbocycles. The lowest BCUT2D eigenvalue weighted by Gasteiger charge is -2.14. The Bertz CT molecular complexity index is 568. The minimum absolute atomic E-state index is 0.0989. The van der Waals surface area contributed by atoms with Crippen LogP contribution < -0.4 is 0 Å². The van der Waals surface area contributed by atoms with Gasteiger partial charge in [0.2, 0.25) is 0 Å². The lowest BCUT2D eigenvalue weighted by molar-refractivity contribution is -0.121. The van der Waals surface area contributed by atoms with Crippen molar-refractivity contribution >= 4 is 17.7 Å². The van der Waals surface area contributed by atoms with Crippen LogP contribution in [0.3, 0.4) is 0 Å². The van der Waals surface area contributed by atoms with Gasteiger partial charge in [0.25, 0.3) is 0 Å². The van der Waals surface area contributed by atoms with Gasteiger partial charge in [-0.3, -0.25) is 4.79 Å². The normalized spacial score (nSPS) is 10.5. The van der Waals surface area contributed by atoms with Crippen LogP contribution in [-0.2, 0) is 20.7 Å². The summed E-state index contributed by atoms with van der Waals surface area (Å²) in [6.45, 7) is 6.84. The first-order chi connectivity index (χ1) is 10.8. The van der Waals surface area contributed by atoms with Crippen molar-refractivity contribution in [2.75, 3.05) is 13.2 Å². The third-order valence-corrected chi connectivity index (χ3v) is 3.20. The van der Waals surface area contributed by atoms with E-state index in [1.165, 1.54) is 0 Å². The van der Waals surface area contributed by atoms with Crippen LogP contribution in [0.15, 0.2) is 12.1 Å². The van der Waals surface area contributed by atoms with E-state index < -0.39 is 17.8 Å². The molecule has 0 aliphatic rings. The summed E-state index contributed by atoms with van der Waals surface area (Å²) in [5.74, 6) is -2.78. The van der Waals surface area contributed by atoms with Crippen molar-refractivity contribution in [2.45, 2.75) is 34.1 Å². The zero-order valence-corrected chi connectivity index (χ0v) is 13.8. The van der Waals surface area contributed by atoms with Crippen molar-refractivity contribution in [3.8, 4) is 0 Å². The van der Waals surface area contributed by atoms with Crippen LogP contribution >= 0.6 is 0 Å². The highest BCUT2D eigenvalue weighted by Crippen LogP contribution is 2.22. The van der Waals surface area contributed by atoms with Gasteiger partial charge in [-0.05, 0) is 31.5 Å². The highest BCUT2D eigenvalue weighted by atomic mass is 19.1. The zero-order valence-electron chi connectivity index (χ0n) is 13.8. The largest absolute Gasteiger partial charge is 0.462 e. The number of halogens is 1. The SMILES string of the molecule is CCOC(=O)c1cc(F)cc(C(=O)OCC)c1CC(=O)C(C)C. The Balaban J connectivity index is 3.45. The first kappa shape index (κ1) is 18.8. The molecule has 0 amide bonds. The van der Waals surface area contributed by atoms with Gasteiger partial charge in [-0.2, -0.15) is 0 Å². The smallest absolute Gasteiger partial charge is 0.338 e. The van der Waals surface area contributed by atoms with Crippen LogP contribution in [0, 0.1) is 11.7 Å². The summed E-state index contributed by atoms with van der Waals surface area (Å²) in [6, 6.07) is 1.95. The van der Waals surface area contributed by atoms with Gasteiger partial charge in [-0.1, -0.05) is 13.8 Å². The fraction of sp³-hybridized carbons (Fsp3) is 0.471. The van der Waals surface area contributed by atoms with Crippen molar-refractivity contribution in [3.05, 3.63) is 34.6 Å². The van der Waals surface area contributed by atoms with Crippen molar-refractivity contribution < 1.29 is 28.2 Å². The van der Waals surface area contributed by atoms with Crippen molar-refractivity contribution in [1.82, 2.24) is 0 Å². The first-order valence-electron chi connectivity index (χ1n) is 7.51. The Labute approximate surface area is 134 Å². The van der Waals surface area contributed by atoms with Crippen molar-refractivity contribution in [3.63, 3.8) is 0 Å². The lowest BCUT2D eigenvalue weighted by atomic mass is 9.92. The van der Waals surface area contributed by atoms with Crippen LogP contribution in [0.5, 0.6) is 0 Å². The number of ether oxygens (including phenoxy) is 2. The highest BCUT2D eigenvalue weighted by Gasteiger charge is 2.25. The van der Waals surface area contributed by atoms with Crippen LogP contribution in [0.25, 0.3) is 0 Å². The Morgan fingerprint density at radius 3 is 1.78 bits per heavy atom. The fourth-order valence-corrected chi connectivity index (χ4v) is 1.99. The minimum atomic E-state index is -0.774. The van der Waals surface area contributed by atoms with Gasteiger partial charge in [0.05, 0.1) is 24.3 Å². The molecule has 0 spiro atoms. The molecule has 5 nitrogen and oxygen atoms in total. The topological polar surface area (TPSA) is 69.7 Å². The molecular weight excluding hydrogens is 303 g/mol. The molecule has 0 saturated heterocycles. The third kappa shape index (κ3) is 4.87. The summed E-state index contributed by atoms with van der Waals surface area (Å²) in [7, 11) is 0. The Morgan fingerprint density at radius 1 is 1.00 bits per heavy atom. The van der Waals surface area contributed by atoms with Gasteiger partial charge in [0.15, 0.2) is 0 Å². The van der Waals surface area contributed by atoms with E-state index in [0.29, 0.717) is 0 Å². The number of esters is 2. The summed E-state index contributed by atoms with van der Waals surface area (Å²) >= 11 is 0. The zero-order chi connectivity index (χ0) is 17.6. The molecule has 0 fully saturated rings. The second kappa shape index (κ2) is 8.41. The van der Waals surface area contributed by atoms with Crippen LogP contribution in [0.4, 0.5) is 4.39 Å². The van der Waals surface area contributed by atoms with Gasteiger partial charge in [0, 0.05) is 12.3 Å². The van der Waals surface area contributed by atoms with Gasteiger partial charge in [-0.25, -0.2) is 14.0 Å². The van der Waals surface area contributed by atoms with Gasteiger partial charge in [0.1, 0.15) is 11.6 Å². The molecule has 0 aromatic heterocycles. The second-order valence-corrected chi connectivity index (χ2v) is 5.22. The number of carbonyl (C=O) groups excluding carboxylic acids is 3. The number of carbonyl (C=O) groups is 3. The van der Waals surface area contributed by atoms with E-state index in [9.17, 15) is 18.8 Å². The standard InChI is InChI=1S/C17H21FO5/c1-5-22-16(20)13-7-11(18)8-14(17(21)23-6-2)12(13)9-15(19)10(3)4/h7-8,10H,5-6,9H2,1-4H3. The molecular formula is C17H21FO5. The Morgan fingerprint density at radius 2 is 1.43 bits per heavy atom. The average molecular weight is 324 g/mol.